The minimum Gasteiger partial charge on any atom is -0.386 e. The van der Waals surface area contributed by atoms with E-state index in [1.807, 2.05) is 4.98 Å². The number of aliphatic hydroxyl groups excluding tert-OH is 1. The van der Waals surface area contributed by atoms with Crippen LogP contribution in [0, 0.1) is 0 Å². The van der Waals surface area contributed by atoms with Gasteiger partial charge in [0.1, 0.15) is 12.2 Å². The van der Waals surface area contributed by atoms with Crippen molar-refractivity contribution in [2.75, 3.05) is 6.61 Å². The second kappa shape index (κ2) is 8.92. The van der Waals surface area contributed by atoms with E-state index in [-0.39, 0.29) is 0 Å². The summed E-state index contributed by atoms with van der Waals surface area (Å²) in [7, 11) is -16.8. The van der Waals surface area contributed by atoms with Gasteiger partial charge in [0.15, 0.2) is 9.84 Å². The molecule has 0 amide bonds. The minimum atomic E-state index is -5.74. The molecule has 17 nitrogen and oxygen atoms in total. The van der Waals surface area contributed by atoms with Gasteiger partial charge in [0.25, 0.3) is 5.56 Å². The summed E-state index contributed by atoms with van der Waals surface area (Å²) < 4.78 is 48.7. The molecule has 21 heteroatoms. The van der Waals surface area contributed by atoms with Gasteiger partial charge >= 0.3 is 29.2 Å². The Morgan fingerprint density at radius 3 is 2.30 bits per heavy atom. The number of hydrogen-bond acceptors (Lipinski definition) is 11. The second-order valence-corrected chi connectivity index (χ2v) is 11.8. The van der Waals surface area contributed by atoms with Crippen LogP contribution >= 0.6 is 46.1 Å². The maximum absolute atomic E-state index is 11.9. The Kier molecular flexibility index (Phi) is 7.71. The van der Waals surface area contributed by atoms with Crippen LogP contribution in [0.1, 0.15) is 6.23 Å². The number of aliphatic hydroxyl groups is 2. The molecule has 0 spiro atoms. The zero-order valence-electron chi connectivity index (χ0n) is 14.1. The Labute approximate surface area is 178 Å². The molecule has 1 aliphatic rings. The zero-order valence-corrected chi connectivity index (χ0v) is 19.0. The third kappa shape index (κ3) is 6.60. The fourth-order valence-electron chi connectivity index (χ4n) is 2.22. The van der Waals surface area contributed by atoms with Gasteiger partial charge in [-0.3, -0.25) is 18.9 Å². The van der Waals surface area contributed by atoms with E-state index in [0.717, 1.165) is 12.3 Å². The van der Waals surface area contributed by atoms with Crippen LogP contribution in [0.2, 0.25) is 0 Å². The summed E-state index contributed by atoms with van der Waals surface area (Å²) in [5.41, 5.74) is -1.76. The molecule has 1 aromatic heterocycles. The average molecular weight is 610 g/mol. The first-order valence-corrected chi connectivity index (χ1v) is 12.9. The standard InChI is InChI=1S/C9H14IN2O15P3/c10-9(16)6(14)4(25-7(9)12-2-1-5(13)11-8(12)15)3-24-29(20,21)27-30(22,23)26-28(17,18)19/h1-2,4,6-7,14,16H,3H2,(H,20,21)(H,22,23)(H,11,13,15)(H2,17,18,19)/t4-,6-,7-,9-/m1/s1. The Morgan fingerprint density at radius 1 is 1.17 bits per heavy atom. The molecule has 1 saturated heterocycles. The number of halogens is 1. The highest BCUT2D eigenvalue weighted by molar-refractivity contribution is 14.1. The Balaban J connectivity index is 2.13. The normalized spacial score (nSPS) is 31.2. The molecule has 7 N–H and O–H groups in total. The Hall–Kier alpha value is -0.300. The van der Waals surface area contributed by atoms with Crippen LogP contribution < -0.4 is 11.2 Å². The lowest BCUT2D eigenvalue weighted by Gasteiger charge is -2.25. The first-order chi connectivity index (χ1) is 13.4. The molecule has 2 rings (SSSR count). The first kappa shape index (κ1) is 26.0. The van der Waals surface area contributed by atoms with Crippen molar-refractivity contribution in [3.8, 4) is 0 Å². The summed E-state index contributed by atoms with van der Waals surface area (Å²) in [6, 6.07) is 0.920. The zero-order chi connectivity index (χ0) is 23.1. The van der Waals surface area contributed by atoms with Crippen molar-refractivity contribution in [3.05, 3.63) is 33.1 Å². The second-order valence-electron chi connectivity index (χ2n) is 5.60. The number of aromatic nitrogens is 2. The lowest BCUT2D eigenvalue weighted by molar-refractivity contribution is -0.0576. The molecule has 0 radical (unpaired) electrons. The molecule has 0 bridgehead atoms. The fourth-order valence-corrected chi connectivity index (χ4v) is 6.09. The molecule has 0 aliphatic carbocycles. The SMILES string of the molecule is O=c1ccn([C@@H]2O[C@H](COP(=O)(O)OP(=O)(O)OP(=O)(O)O)[C@@H](O)[C@]2(O)I)c(=O)[nH]1. The number of rotatable bonds is 8. The average Bonchev–Trinajstić information content (AvgIpc) is 2.73. The number of hydrogen-bond donors (Lipinski definition) is 7. The van der Waals surface area contributed by atoms with E-state index in [0.29, 0.717) is 4.57 Å². The van der Waals surface area contributed by atoms with E-state index in [2.05, 4.69) is 13.1 Å². The van der Waals surface area contributed by atoms with Crippen LogP contribution in [-0.4, -0.2) is 61.8 Å². The van der Waals surface area contributed by atoms with E-state index in [9.17, 15) is 38.4 Å². The molecule has 2 heterocycles. The van der Waals surface area contributed by atoms with E-state index in [1.54, 1.807) is 0 Å². The van der Waals surface area contributed by atoms with Gasteiger partial charge in [-0.2, -0.15) is 8.62 Å². The lowest BCUT2D eigenvalue weighted by Crippen LogP contribution is -2.44. The summed E-state index contributed by atoms with van der Waals surface area (Å²) in [4.78, 5) is 60.3. The summed E-state index contributed by atoms with van der Waals surface area (Å²) in [5, 5.41) is 20.6. The Morgan fingerprint density at radius 2 is 1.77 bits per heavy atom. The van der Waals surface area contributed by atoms with Gasteiger partial charge in [-0.25, -0.2) is 18.5 Å². The number of H-pyrrole nitrogens is 1. The molecule has 0 aromatic carbocycles. The van der Waals surface area contributed by atoms with Crippen molar-refractivity contribution in [2.24, 2.45) is 0 Å². The van der Waals surface area contributed by atoms with Gasteiger partial charge in [-0.1, -0.05) is 0 Å². The maximum atomic E-state index is 11.9. The summed E-state index contributed by atoms with van der Waals surface area (Å²) in [6.07, 6.45) is -4.12. The predicted octanol–water partition coefficient (Wildman–Crippen LogP) is -1.74. The first-order valence-electron chi connectivity index (χ1n) is 7.28. The van der Waals surface area contributed by atoms with E-state index in [4.69, 9.17) is 19.4 Å². The van der Waals surface area contributed by atoms with Crippen molar-refractivity contribution < 1.29 is 61.4 Å². The molecular weight excluding hydrogens is 596 g/mol. The summed E-state index contributed by atoms with van der Waals surface area (Å²) in [5.74, 6) is 0. The molecule has 1 fully saturated rings. The molecule has 30 heavy (non-hydrogen) atoms. The van der Waals surface area contributed by atoms with Crippen molar-refractivity contribution in [2.45, 2.75) is 22.0 Å². The van der Waals surface area contributed by atoms with Crippen LogP contribution in [-0.2, 0) is 31.6 Å². The van der Waals surface area contributed by atoms with Gasteiger partial charge in [0.05, 0.1) is 6.61 Å². The molecule has 1 aliphatic heterocycles. The summed E-state index contributed by atoms with van der Waals surface area (Å²) in [6.45, 7) is -1.06. The van der Waals surface area contributed by atoms with Crippen LogP contribution in [0.15, 0.2) is 21.9 Å². The van der Waals surface area contributed by atoms with Gasteiger partial charge in [0, 0.05) is 12.3 Å². The van der Waals surface area contributed by atoms with Gasteiger partial charge < -0.3 is 34.5 Å². The smallest absolute Gasteiger partial charge is 0.386 e. The van der Waals surface area contributed by atoms with Gasteiger partial charge in [-0.15, -0.1) is 0 Å². The number of nitrogens with zero attached hydrogens (tertiary/aromatic N) is 1. The number of aromatic amines is 1. The quantitative estimate of drug-likeness (QED) is 0.0979. The highest BCUT2D eigenvalue weighted by Gasteiger charge is 2.55. The molecule has 1 aromatic rings. The van der Waals surface area contributed by atoms with Gasteiger partial charge in [-0.05, 0) is 22.6 Å². The lowest BCUT2D eigenvalue weighted by atomic mass is 10.1. The van der Waals surface area contributed by atoms with Gasteiger partial charge in [0.2, 0.25) is 0 Å². The monoisotopic (exact) mass is 610 g/mol. The molecular formula is C9H14IN2O15P3. The highest BCUT2D eigenvalue weighted by Crippen LogP contribution is 2.66. The minimum absolute atomic E-state index is 0.710. The number of nitrogens with one attached hydrogen (secondary N) is 1. The largest absolute Gasteiger partial charge is 0.490 e. The molecule has 6 atom stereocenters. The topological polar surface area (TPSA) is 264 Å². The van der Waals surface area contributed by atoms with Crippen molar-refractivity contribution in [3.63, 3.8) is 0 Å². The van der Waals surface area contributed by atoms with E-state index >= 15 is 0 Å². The molecule has 172 valence electrons. The van der Waals surface area contributed by atoms with E-state index in [1.165, 1.54) is 22.6 Å². The number of phosphoric ester groups is 1. The van der Waals surface area contributed by atoms with Crippen molar-refractivity contribution >= 4 is 46.1 Å². The van der Waals surface area contributed by atoms with E-state index < -0.39 is 63.4 Å². The number of ether oxygens (including phenoxy) is 1. The Bertz CT molecular complexity index is 1050. The third-order valence-electron chi connectivity index (χ3n) is 3.34. The highest BCUT2D eigenvalue weighted by atomic mass is 127. The molecule has 0 saturated carbocycles. The van der Waals surface area contributed by atoms with Crippen LogP contribution in [0.5, 0.6) is 0 Å². The fraction of sp³-hybridized carbons (Fsp3) is 0.556. The number of phosphoric acid groups is 3. The van der Waals surface area contributed by atoms with Crippen molar-refractivity contribution in [1.82, 2.24) is 9.55 Å². The molecule has 2 unspecified atom stereocenters. The third-order valence-corrected chi connectivity index (χ3v) is 8.31. The van der Waals surface area contributed by atoms with Crippen molar-refractivity contribution in [1.29, 1.82) is 0 Å². The number of alkyl halides is 1. The van der Waals surface area contributed by atoms with Crippen LogP contribution in [0.3, 0.4) is 0 Å². The summed E-state index contributed by atoms with van der Waals surface area (Å²) >= 11 is 1.32. The van der Waals surface area contributed by atoms with Crippen LogP contribution in [0.4, 0.5) is 0 Å². The predicted molar refractivity (Wildman–Crippen MR) is 100 cm³/mol. The maximum Gasteiger partial charge on any atom is 0.490 e. The van der Waals surface area contributed by atoms with Crippen LogP contribution in [0.25, 0.3) is 0 Å².